The van der Waals surface area contributed by atoms with E-state index < -0.39 is 0 Å². The van der Waals surface area contributed by atoms with Crippen LogP contribution in [-0.2, 0) is 13.1 Å². The molecule has 0 unspecified atom stereocenters. The molecule has 2 N–H and O–H groups in total. The predicted octanol–water partition coefficient (Wildman–Crippen LogP) is 2.46. The second-order valence-corrected chi connectivity index (χ2v) is 4.01. The number of aromatic amines is 1. The number of aryl methyl sites for hydroxylation is 3. The van der Waals surface area contributed by atoms with Crippen molar-refractivity contribution in [2.45, 2.75) is 33.9 Å². The topological polar surface area (TPSA) is 45.6 Å². The van der Waals surface area contributed by atoms with Gasteiger partial charge in [-0.2, -0.15) is 5.10 Å². The first-order chi connectivity index (χ1) is 7.70. The van der Waals surface area contributed by atoms with Gasteiger partial charge in [-0.1, -0.05) is 0 Å². The van der Waals surface area contributed by atoms with E-state index in [1.54, 1.807) is 0 Å². The second kappa shape index (κ2) is 4.43. The highest BCUT2D eigenvalue weighted by Gasteiger charge is 2.05. The van der Waals surface area contributed by atoms with Crippen molar-refractivity contribution in [1.29, 1.82) is 0 Å². The van der Waals surface area contributed by atoms with Crippen LogP contribution in [0.4, 0.5) is 5.69 Å². The number of hydrogen-bond acceptors (Lipinski definition) is 2. The van der Waals surface area contributed by atoms with Crippen LogP contribution in [0.25, 0.3) is 0 Å². The van der Waals surface area contributed by atoms with Crippen LogP contribution in [0.5, 0.6) is 0 Å². The lowest BCUT2D eigenvalue weighted by Crippen LogP contribution is -2.00. The summed E-state index contributed by atoms with van der Waals surface area (Å²) in [4.78, 5) is 0. The molecule has 4 heteroatoms. The van der Waals surface area contributed by atoms with Gasteiger partial charge >= 0.3 is 0 Å². The molecule has 0 saturated carbocycles. The second-order valence-electron chi connectivity index (χ2n) is 4.01. The van der Waals surface area contributed by atoms with E-state index in [-0.39, 0.29) is 0 Å². The fourth-order valence-corrected chi connectivity index (χ4v) is 1.79. The van der Waals surface area contributed by atoms with Gasteiger partial charge in [-0.05, 0) is 32.4 Å². The van der Waals surface area contributed by atoms with Crippen molar-refractivity contribution in [2.24, 2.45) is 0 Å². The molecular weight excluding hydrogens is 200 g/mol. The third-order valence-electron chi connectivity index (χ3n) is 2.77. The molecule has 2 aromatic rings. The zero-order chi connectivity index (χ0) is 11.5. The number of rotatable bonds is 4. The summed E-state index contributed by atoms with van der Waals surface area (Å²) < 4.78 is 2.17. The molecule has 0 aliphatic rings. The first-order valence-corrected chi connectivity index (χ1v) is 5.60. The van der Waals surface area contributed by atoms with Crippen LogP contribution in [-0.4, -0.2) is 14.8 Å². The Bertz CT molecular complexity index is 448. The molecule has 2 aromatic heterocycles. The summed E-state index contributed by atoms with van der Waals surface area (Å²) in [5.74, 6) is 0. The summed E-state index contributed by atoms with van der Waals surface area (Å²) in [5.41, 5.74) is 4.52. The van der Waals surface area contributed by atoms with Gasteiger partial charge < -0.3 is 9.88 Å². The summed E-state index contributed by atoms with van der Waals surface area (Å²) in [6, 6.07) is 2.14. The van der Waals surface area contributed by atoms with Gasteiger partial charge in [0.1, 0.15) is 0 Å². The molecule has 4 nitrogen and oxygen atoms in total. The van der Waals surface area contributed by atoms with E-state index in [4.69, 9.17) is 0 Å². The molecule has 2 heterocycles. The van der Waals surface area contributed by atoms with Gasteiger partial charge in [0.25, 0.3) is 0 Å². The van der Waals surface area contributed by atoms with E-state index in [2.05, 4.69) is 45.5 Å². The fraction of sp³-hybridized carbons (Fsp3) is 0.417. The maximum Gasteiger partial charge on any atom is 0.0825 e. The minimum absolute atomic E-state index is 0.841. The Morgan fingerprint density at radius 3 is 2.81 bits per heavy atom. The number of nitrogens with one attached hydrogen (secondary N) is 2. The van der Waals surface area contributed by atoms with Gasteiger partial charge in [0.2, 0.25) is 0 Å². The van der Waals surface area contributed by atoms with Crippen LogP contribution in [0.2, 0.25) is 0 Å². The lowest BCUT2D eigenvalue weighted by molar-refractivity contribution is 0.766. The smallest absolute Gasteiger partial charge is 0.0825 e. The van der Waals surface area contributed by atoms with Gasteiger partial charge in [-0.25, -0.2) is 0 Å². The van der Waals surface area contributed by atoms with Crippen molar-refractivity contribution < 1.29 is 0 Å². The lowest BCUT2D eigenvalue weighted by Gasteiger charge is -2.04. The Morgan fingerprint density at radius 2 is 2.25 bits per heavy atom. The summed E-state index contributed by atoms with van der Waals surface area (Å²) >= 11 is 0. The van der Waals surface area contributed by atoms with Gasteiger partial charge in [-0.15, -0.1) is 0 Å². The number of H-pyrrole nitrogens is 1. The third-order valence-corrected chi connectivity index (χ3v) is 2.77. The Balaban J connectivity index is 2.02. The quantitative estimate of drug-likeness (QED) is 0.828. The minimum atomic E-state index is 0.841. The van der Waals surface area contributed by atoms with E-state index in [1.165, 1.54) is 5.56 Å². The standard InChI is InChI=1S/C12H18N4/c1-4-16-6-5-11(8-16)7-13-12-9(2)14-15-10(12)3/h5-6,8,13H,4,7H2,1-3H3,(H,14,15). The molecule has 0 saturated heterocycles. The van der Waals surface area contributed by atoms with Crippen LogP contribution in [0.3, 0.4) is 0 Å². The number of aromatic nitrogens is 3. The molecule has 0 aliphatic heterocycles. The minimum Gasteiger partial charge on any atom is -0.378 e. The predicted molar refractivity (Wildman–Crippen MR) is 65.5 cm³/mol. The molecule has 0 spiro atoms. The SMILES string of the molecule is CCn1ccc(CNc2c(C)n[nH]c2C)c1. The summed E-state index contributed by atoms with van der Waals surface area (Å²) in [5, 5.41) is 10.5. The largest absolute Gasteiger partial charge is 0.378 e. The Labute approximate surface area is 95.7 Å². The summed E-state index contributed by atoms with van der Waals surface area (Å²) in [6.45, 7) is 8.03. The van der Waals surface area contributed by atoms with Crippen molar-refractivity contribution in [3.63, 3.8) is 0 Å². The number of nitrogens with zero attached hydrogens (tertiary/aromatic N) is 2. The maximum atomic E-state index is 4.16. The molecule has 0 fully saturated rings. The Morgan fingerprint density at radius 1 is 1.44 bits per heavy atom. The molecular formula is C12H18N4. The van der Waals surface area contributed by atoms with E-state index in [9.17, 15) is 0 Å². The monoisotopic (exact) mass is 218 g/mol. The van der Waals surface area contributed by atoms with Crippen LogP contribution in [0.1, 0.15) is 23.9 Å². The molecule has 0 amide bonds. The van der Waals surface area contributed by atoms with Crippen LogP contribution in [0.15, 0.2) is 18.5 Å². The van der Waals surface area contributed by atoms with Crippen molar-refractivity contribution in [1.82, 2.24) is 14.8 Å². The van der Waals surface area contributed by atoms with Crippen molar-refractivity contribution >= 4 is 5.69 Å². The lowest BCUT2D eigenvalue weighted by atomic mass is 10.3. The molecule has 2 rings (SSSR count). The molecule has 0 atom stereocenters. The van der Waals surface area contributed by atoms with Gasteiger partial charge in [0.15, 0.2) is 0 Å². The maximum absolute atomic E-state index is 4.16. The molecule has 0 radical (unpaired) electrons. The van der Waals surface area contributed by atoms with Crippen LogP contribution >= 0.6 is 0 Å². The van der Waals surface area contributed by atoms with E-state index >= 15 is 0 Å². The molecule has 0 aliphatic carbocycles. The Kier molecular flexibility index (Phi) is 2.99. The van der Waals surface area contributed by atoms with E-state index in [0.717, 1.165) is 30.2 Å². The zero-order valence-electron chi connectivity index (χ0n) is 10.0. The molecule has 0 aromatic carbocycles. The van der Waals surface area contributed by atoms with E-state index in [0.29, 0.717) is 0 Å². The van der Waals surface area contributed by atoms with Crippen molar-refractivity contribution in [2.75, 3.05) is 5.32 Å². The first-order valence-electron chi connectivity index (χ1n) is 5.60. The molecule has 16 heavy (non-hydrogen) atoms. The molecule has 0 bridgehead atoms. The average Bonchev–Trinajstić information content (AvgIpc) is 2.85. The van der Waals surface area contributed by atoms with Gasteiger partial charge in [0, 0.05) is 25.5 Å². The number of anilines is 1. The number of hydrogen-bond donors (Lipinski definition) is 2. The first kappa shape index (κ1) is 10.8. The highest BCUT2D eigenvalue weighted by Crippen LogP contribution is 2.17. The highest BCUT2D eigenvalue weighted by molar-refractivity contribution is 5.51. The van der Waals surface area contributed by atoms with Crippen LogP contribution in [0, 0.1) is 13.8 Å². The summed E-state index contributed by atoms with van der Waals surface area (Å²) in [7, 11) is 0. The average molecular weight is 218 g/mol. The Hall–Kier alpha value is -1.71. The highest BCUT2D eigenvalue weighted by atomic mass is 15.1. The van der Waals surface area contributed by atoms with Gasteiger partial charge in [0.05, 0.1) is 17.1 Å². The zero-order valence-corrected chi connectivity index (χ0v) is 10.0. The van der Waals surface area contributed by atoms with E-state index in [1.807, 2.05) is 13.8 Å². The van der Waals surface area contributed by atoms with Crippen LogP contribution < -0.4 is 5.32 Å². The summed E-state index contributed by atoms with van der Waals surface area (Å²) in [6.07, 6.45) is 4.27. The third kappa shape index (κ3) is 2.10. The van der Waals surface area contributed by atoms with Gasteiger partial charge in [-0.3, -0.25) is 5.10 Å². The fourth-order valence-electron chi connectivity index (χ4n) is 1.79. The van der Waals surface area contributed by atoms with Crippen molar-refractivity contribution in [3.8, 4) is 0 Å². The molecule has 86 valence electrons. The normalized spacial score (nSPS) is 10.7. The van der Waals surface area contributed by atoms with Crippen molar-refractivity contribution in [3.05, 3.63) is 35.4 Å².